The Kier molecular flexibility index (Phi) is 4.20. The van der Waals surface area contributed by atoms with Crippen molar-refractivity contribution in [3.8, 4) is 6.07 Å². The van der Waals surface area contributed by atoms with Gasteiger partial charge in [0.05, 0.1) is 33.5 Å². The maximum absolute atomic E-state index is 11.9. The number of carbonyl (C=O) groups excluding carboxylic acids is 1. The predicted octanol–water partition coefficient (Wildman–Crippen LogP) is 3.49. The fourth-order valence-corrected chi connectivity index (χ4v) is 2.70. The molecule has 0 saturated carbocycles. The molecule has 1 amide bonds. The molecule has 2 rings (SSSR count). The van der Waals surface area contributed by atoms with E-state index >= 15 is 0 Å². The molecular formula is C11H8Cl2N4OS. The molecule has 0 bridgehead atoms. The van der Waals surface area contributed by atoms with E-state index in [4.69, 9.17) is 28.5 Å². The van der Waals surface area contributed by atoms with E-state index in [1.54, 1.807) is 6.92 Å². The minimum Gasteiger partial charge on any atom is -0.322 e. The molecule has 0 fully saturated rings. The van der Waals surface area contributed by atoms with Gasteiger partial charge in [-0.1, -0.05) is 30.1 Å². The molecule has 0 saturated heterocycles. The quantitative estimate of drug-likeness (QED) is 0.940. The van der Waals surface area contributed by atoms with Crippen molar-refractivity contribution < 1.29 is 4.79 Å². The predicted molar refractivity (Wildman–Crippen MR) is 75.5 cm³/mol. The summed E-state index contributed by atoms with van der Waals surface area (Å²) in [5.41, 5.74) is 1.26. The van der Waals surface area contributed by atoms with Gasteiger partial charge in [-0.3, -0.25) is 4.79 Å². The van der Waals surface area contributed by atoms with E-state index in [-0.39, 0.29) is 5.02 Å². The minimum atomic E-state index is -0.728. The molecular weight excluding hydrogens is 307 g/mol. The topological polar surface area (TPSA) is 78.7 Å². The highest BCUT2D eigenvalue weighted by Crippen LogP contribution is 2.35. The molecule has 0 aliphatic carbocycles. The molecule has 1 atom stereocenters. The molecule has 0 radical (unpaired) electrons. The summed E-state index contributed by atoms with van der Waals surface area (Å²) in [6, 6.07) is 3.43. The lowest BCUT2D eigenvalue weighted by Crippen LogP contribution is -2.21. The molecule has 1 aromatic carbocycles. The Morgan fingerprint density at radius 3 is 2.79 bits per heavy atom. The number of halogens is 2. The van der Waals surface area contributed by atoms with Gasteiger partial charge >= 0.3 is 0 Å². The van der Waals surface area contributed by atoms with Crippen molar-refractivity contribution in [2.75, 3.05) is 5.32 Å². The van der Waals surface area contributed by atoms with Gasteiger partial charge in [0.15, 0.2) is 0 Å². The van der Waals surface area contributed by atoms with Crippen LogP contribution in [0.4, 0.5) is 5.69 Å². The number of benzene rings is 1. The lowest BCUT2D eigenvalue weighted by Gasteiger charge is -2.10. The monoisotopic (exact) mass is 314 g/mol. The summed E-state index contributed by atoms with van der Waals surface area (Å²) in [6.07, 6.45) is 0.423. The van der Waals surface area contributed by atoms with Crippen LogP contribution >= 0.6 is 34.9 Å². The zero-order chi connectivity index (χ0) is 14.0. The van der Waals surface area contributed by atoms with E-state index in [9.17, 15) is 4.79 Å². The number of fused-ring (bicyclic) bond motifs is 1. The van der Waals surface area contributed by atoms with Crippen molar-refractivity contribution in [1.29, 1.82) is 5.26 Å². The van der Waals surface area contributed by atoms with E-state index < -0.39 is 11.8 Å². The van der Waals surface area contributed by atoms with Gasteiger partial charge in [0.25, 0.3) is 0 Å². The molecule has 1 unspecified atom stereocenters. The van der Waals surface area contributed by atoms with Crippen molar-refractivity contribution in [3.63, 3.8) is 0 Å². The Balaban J connectivity index is 2.44. The van der Waals surface area contributed by atoms with Gasteiger partial charge in [-0.25, -0.2) is 0 Å². The van der Waals surface area contributed by atoms with Crippen molar-refractivity contribution >= 4 is 57.6 Å². The molecule has 1 N–H and O–H groups in total. The average Bonchev–Trinajstić information content (AvgIpc) is 2.85. The van der Waals surface area contributed by atoms with Crippen LogP contribution in [0.25, 0.3) is 11.0 Å². The zero-order valence-corrected chi connectivity index (χ0v) is 12.1. The van der Waals surface area contributed by atoms with Crippen LogP contribution in [0.5, 0.6) is 0 Å². The second-order valence-corrected chi connectivity index (χ2v) is 5.10. The summed E-state index contributed by atoms with van der Waals surface area (Å²) in [5.74, 6) is -1.14. The molecule has 0 spiro atoms. The molecule has 1 aromatic heterocycles. The molecule has 1 heterocycles. The van der Waals surface area contributed by atoms with Crippen molar-refractivity contribution in [3.05, 3.63) is 16.1 Å². The summed E-state index contributed by atoms with van der Waals surface area (Å²) in [6.45, 7) is 1.76. The molecule has 0 aliphatic rings. The van der Waals surface area contributed by atoms with Crippen LogP contribution in [0, 0.1) is 17.2 Å². The van der Waals surface area contributed by atoms with Crippen LogP contribution in [0.2, 0.25) is 10.0 Å². The van der Waals surface area contributed by atoms with Gasteiger partial charge in [-0.15, -0.1) is 0 Å². The van der Waals surface area contributed by atoms with Crippen LogP contribution < -0.4 is 5.32 Å². The number of carbonyl (C=O) groups is 1. The van der Waals surface area contributed by atoms with E-state index in [0.717, 1.165) is 11.7 Å². The highest BCUT2D eigenvalue weighted by molar-refractivity contribution is 7.00. The van der Waals surface area contributed by atoms with Crippen LogP contribution in [0.15, 0.2) is 6.07 Å². The number of hydrogen-bond acceptors (Lipinski definition) is 5. The second-order valence-electron chi connectivity index (χ2n) is 3.76. The Bertz CT molecular complexity index is 679. The number of nitrogens with one attached hydrogen (secondary N) is 1. The van der Waals surface area contributed by atoms with Crippen molar-refractivity contribution in [2.45, 2.75) is 13.3 Å². The van der Waals surface area contributed by atoms with Crippen molar-refractivity contribution in [2.24, 2.45) is 5.92 Å². The van der Waals surface area contributed by atoms with Gasteiger partial charge in [-0.2, -0.15) is 14.0 Å². The highest BCUT2D eigenvalue weighted by Gasteiger charge is 2.20. The highest BCUT2D eigenvalue weighted by atomic mass is 35.5. The van der Waals surface area contributed by atoms with Crippen molar-refractivity contribution in [1.82, 2.24) is 8.75 Å². The van der Waals surface area contributed by atoms with Gasteiger partial charge in [0.1, 0.15) is 17.0 Å². The zero-order valence-electron chi connectivity index (χ0n) is 9.78. The van der Waals surface area contributed by atoms with E-state index in [2.05, 4.69) is 14.1 Å². The number of aromatic nitrogens is 2. The Morgan fingerprint density at radius 1 is 1.47 bits per heavy atom. The van der Waals surface area contributed by atoms with Crippen LogP contribution in [-0.4, -0.2) is 14.7 Å². The van der Waals surface area contributed by atoms with Gasteiger partial charge < -0.3 is 5.32 Å². The molecule has 5 nitrogen and oxygen atoms in total. The fraction of sp³-hybridized carbons (Fsp3) is 0.273. The summed E-state index contributed by atoms with van der Waals surface area (Å²) in [4.78, 5) is 11.9. The van der Waals surface area contributed by atoms with Gasteiger partial charge in [0.2, 0.25) is 5.91 Å². The summed E-state index contributed by atoms with van der Waals surface area (Å²) >= 11 is 13.0. The maximum Gasteiger partial charge on any atom is 0.241 e. The van der Waals surface area contributed by atoms with E-state index in [1.807, 2.05) is 6.07 Å². The average molecular weight is 315 g/mol. The Morgan fingerprint density at radius 2 is 2.16 bits per heavy atom. The summed E-state index contributed by atoms with van der Waals surface area (Å²) in [7, 11) is 0. The van der Waals surface area contributed by atoms with Crippen LogP contribution in [0.3, 0.4) is 0 Å². The van der Waals surface area contributed by atoms with E-state index in [0.29, 0.717) is 28.2 Å². The largest absolute Gasteiger partial charge is 0.322 e. The third-order valence-corrected chi connectivity index (χ3v) is 3.69. The number of nitrogens with zero attached hydrogens (tertiary/aromatic N) is 3. The number of rotatable bonds is 3. The van der Waals surface area contributed by atoms with Crippen LogP contribution in [-0.2, 0) is 4.79 Å². The summed E-state index contributed by atoms with van der Waals surface area (Å²) < 4.78 is 8.10. The standard InChI is InChI=1S/C11H8Cl2N4OS/c1-2-5(4-14)11(18)15-8-6(12)3-7(13)9-10(8)17-19-16-9/h3,5H,2H2,1H3,(H,15,18). The first-order valence-corrected chi connectivity index (χ1v) is 6.87. The number of amides is 1. The lowest BCUT2D eigenvalue weighted by molar-refractivity contribution is -0.118. The summed E-state index contributed by atoms with van der Waals surface area (Å²) in [5, 5.41) is 12.1. The Labute approximate surface area is 123 Å². The third-order valence-electron chi connectivity index (χ3n) is 2.57. The van der Waals surface area contributed by atoms with E-state index in [1.165, 1.54) is 6.07 Å². The number of nitriles is 1. The normalized spacial score (nSPS) is 12.1. The Hall–Kier alpha value is -1.42. The molecule has 2 aromatic rings. The maximum atomic E-state index is 11.9. The van der Waals surface area contributed by atoms with Crippen LogP contribution in [0.1, 0.15) is 13.3 Å². The first-order valence-electron chi connectivity index (χ1n) is 5.39. The first-order chi connectivity index (χ1) is 9.08. The molecule has 98 valence electrons. The van der Waals surface area contributed by atoms with Gasteiger partial charge in [0, 0.05) is 0 Å². The van der Waals surface area contributed by atoms with Gasteiger partial charge in [-0.05, 0) is 12.5 Å². The number of anilines is 1. The minimum absolute atomic E-state index is 0.270. The molecule has 19 heavy (non-hydrogen) atoms. The molecule has 8 heteroatoms. The SMILES string of the molecule is CCC(C#N)C(=O)Nc1c(Cl)cc(Cl)c2nsnc12. The third kappa shape index (κ3) is 2.63. The lowest BCUT2D eigenvalue weighted by atomic mass is 10.1. The fourth-order valence-electron chi connectivity index (χ4n) is 1.54. The number of hydrogen-bond donors (Lipinski definition) is 1. The molecule has 0 aliphatic heterocycles. The second kappa shape index (κ2) is 5.70. The first kappa shape index (κ1) is 14.0. The smallest absolute Gasteiger partial charge is 0.241 e.